The lowest BCUT2D eigenvalue weighted by molar-refractivity contribution is -0.914. The minimum atomic E-state index is 0.995. The van der Waals surface area contributed by atoms with Gasteiger partial charge in [0.05, 0.1) is 31.9 Å². The van der Waals surface area contributed by atoms with E-state index in [2.05, 4.69) is 108 Å². The number of hydrogen-bond acceptors (Lipinski definition) is 3. The molecule has 0 aliphatic carbocycles. The molecule has 1 aliphatic heterocycles. The van der Waals surface area contributed by atoms with Crippen molar-refractivity contribution in [3.63, 3.8) is 0 Å². The van der Waals surface area contributed by atoms with Gasteiger partial charge in [0.15, 0.2) is 0 Å². The minimum absolute atomic E-state index is 0.995. The maximum Gasteiger partial charge on any atom is 0.103 e. The molecule has 4 heteroatoms. The summed E-state index contributed by atoms with van der Waals surface area (Å²) in [5.41, 5.74) is 6.12. The highest BCUT2D eigenvalue weighted by atomic mass is 15.3. The van der Waals surface area contributed by atoms with Gasteiger partial charge < -0.3 is 14.7 Å². The second kappa shape index (κ2) is 11.0. The normalized spacial score (nSPS) is 14.8. The van der Waals surface area contributed by atoms with Gasteiger partial charge in [-0.15, -0.1) is 0 Å². The lowest BCUT2D eigenvalue weighted by Gasteiger charge is -2.33. The van der Waals surface area contributed by atoms with Gasteiger partial charge in [0.2, 0.25) is 0 Å². The fourth-order valence-corrected chi connectivity index (χ4v) is 4.40. The van der Waals surface area contributed by atoms with Crippen LogP contribution in [0.15, 0.2) is 83.9 Å². The van der Waals surface area contributed by atoms with E-state index in [1.165, 1.54) is 30.0 Å². The topological polar surface area (TPSA) is 23.3 Å². The standard InChI is InChI=1S/C28H34N4/c1-3-31(4-2)27-14-10-24(11-15-27)22-29-26-12-16-28(17-13-26)32-20-18-30(19-21-32)23-25-8-6-5-7-9-25/h5-17,22H,3-4,18-21,23H2,1-2H3/p+1. The van der Waals surface area contributed by atoms with Gasteiger partial charge in [-0.2, -0.15) is 0 Å². The second-order valence-electron chi connectivity index (χ2n) is 8.44. The van der Waals surface area contributed by atoms with E-state index in [1.54, 1.807) is 4.90 Å². The van der Waals surface area contributed by atoms with Crippen LogP contribution < -0.4 is 14.7 Å². The molecule has 3 aromatic rings. The second-order valence-corrected chi connectivity index (χ2v) is 8.44. The molecule has 0 bridgehead atoms. The Morgan fingerprint density at radius 1 is 0.844 bits per heavy atom. The number of anilines is 2. The Hall–Kier alpha value is -3.11. The lowest BCUT2D eigenvalue weighted by atomic mass is 10.2. The molecular formula is C28H35N4+. The van der Waals surface area contributed by atoms with E-state index < -0.39 is 0 Å². The van der Waals surface area contributed by atoms with Crippen LogP contribution >= 0.6 is 0 Å². The first-order valence-electron chi connectivity index (χ1n) is 11.9. The van der Waals surface area contributed by atoms with Crippen molar-refractivity contribution in [3.05, 3.63) is 90.0 Å². The number of benzene rings is 3. The molecule has 0 amide bonds. The molecule has 0 atom stereocenters. The molecule has 0 radical (unpaired) electrons. The number of quaternary nitrogens is 1. The third-order valence-corrected chi connectivity index (χ3v) is 6.37. The van der Waals surface area contributed by atoms with Gasteiger partial charge in [0.25, 0.3) is 0 Å². The zero-order valence-electron chi connectivity index (χ0n) is 19.4. The van der Waals surface area contributed by atoms with Crippen LogP contribution in [0.1, 0.15) is 25.0 Å². The fraction of sp³-hybridized carbons (Fsp3) is 0.321. The molecule has 3 aromatic carbocycles. The number of piperazine rings is 1. The Morgan fingerprint density at radius 2 is 1.50 bits per heavy atom. The molecule has 4 rings (SSSR count). The highest BCUT2D eigenvalue weighted by molar-refractivity contribution is 5.82. The molecular weight excluding hydrogens is 392 g/mol. The first kappa shape index (κ1) is 22.1. The predicted molar refractivity (Wildman–Crippen MR) is 137 cm³/mol. The van der Waals surface area contributed by atoms with Crippen LogP contribution in [-0.4, -0.2) is 45.5 Å². The lowest BCUT2D eigenvalue weighted by Crippen LogP contribution is -3.13. The third kappa shape index (κ3) is 5.77. The van der Waals surface area contributed by atoms with Gasteiger partial charge in [-0.1, -0.05) is 42.5 Å². The average molecular weight is 428 g/mol. The molecule has 166 valence electrons. The van der Waals surface area contributed by atoms with E-state index in [0.717, 1.165) is 44.0 Å². The molecule has 1 aliphatic rings. The van der Waals surface area contributed by atoms with Crippen molar-refractivity contribution in [1.82, 2.24) is 0 Å². The Balaban J connectivity index is 1.30. The molecule has 0 aromatic heterocycles. The fourth-order valence-electron chi connectivity index (χ4n) is 4.40. The maximum absolute atomic E-state index is 4.68. The molecule has 4 nitrogen and oxygen atoms in total. The number of hydrogen-bond donors (Lipinski definition) is 1. The summed E-state index contributed by atoms with van der Waals surface area (Å²) < 4.78 is 0. The summed E-state index contributed by atoms with van der Waals surface area (Å²) in [7, 11) is 0. The number of nitrogens with zero attached hydrogens (tertiary/aromatic N) is 3. The quantitative estimate of drug-likeness (QED) is 0.545. The van der Waals surface area contributed by atoms with Crippen LogP contribution in [0, 0.1) is 0 Å². The van der Waals surface area contributed by atoms with Crippen molar-refractivity contribution >= 4 is 23.3 Å². The Morgan fingerprint density at radius 3 is 2.12 bits per heavy atom. The smallest absolute Gasteiger partial charge is 0.103 e. The summed E-state index contributed by atoms with van der Waals surface area (Å²) >= 11 is 0. The monoisotopic (exact) mass is 427 g/mol. The van der Waals surface area contributed by atoms with Crippen molar-refractivity contribution in [2.45, 2.75) is 20.4 Å². The first-order valence-corrected chi connectivity index (χ1v) is 11.9. The number of rotatable bonds is 8. The zero-order chi connectivity index (χ0) is 22.2. The van der Waals surface area contributed by atoms with Crippen LogP contribution in [0.4, 0.5) is 17.1 Å². The van der Waals surface area contributed by atoms with Gasteiger partial charge >= 0.3 is 0 Å². The molecule has 32 heavy (non-hydrogen) atoms. The van der Waals surface area contributed by atoms with Gasteiger partial charge in [0, 0.05) is 36.2 Å². The molecule has 0 spiro atoms. The zero-order valence-corrected chi connectivity index (χ0v) is 19.4. The average Bonchev–Trinajstić information content (AvgIpc) is 2.86. The summed E-state index contributed by atoms with van der Waals surface area (Å²) in [6, 6.07) is 28.1. The van der Waals surface area contributed by atoms with E-state index in [4.69, 9.17) is 0 Å². The van der Waals surface area contributed by atoms with Crippen LogP contribution in [0.25, 0.3) is 0 Å². The molecule has 0 unspecified atom stereocenters. The van der Waals surface area contributed by atoms with Crippen LogP contribution in [-0.2, 0) is 6.54 Å². The Labute approximate surface area is 192 Å². The molecule has 0 saturated carbocycles. The highest BCUT2D eigenvalue weighted by Crippen LogP contribution is 2.20. The van der Waals surface area contributed by atoms with Crippen molar-refractivity contribution in [3.8, 4) is 0 Å². The predicted octanol–water partition coefficient (Wildman–Crippen LogP) is 4.19. The molecule has 1 heterocycles. The van der Waals surface area contributed by atoms with E-state index in [9.17, 15) is 0 Å². The van der Waals surface area contributed by atoms with E-state index in [1.807, 2.05) is 6.21 Å². The number of nitrogens with one attached hydrogen (secondary N) is 1. The van der Waals surface area contributed by atoms with Crippen molar-refractivity contribution < 1.29 is 4.90 Å². The van der Waals surface area contributed by atoms with Crippen molar-refractivity contribution in [1.29, 1.82) is 0 Å². The molecule has 1 saturated heterocycles. The van der Waals surface area contributed by atoms with Crippen molar-refractivity contribution in [2.24, 2.45) is 4.99 Å². The van der Waals surface area contributed by atoms with E-state index >= 15 is 0 Å². The largest absolute Gasteiger partial charge is 0.372 e. The van der Waals surface area contributed by atoms with Gasteiger partial charge in [0.1, 0.15) is 6.54 Å². The van der Waals surface area contributed by atoms with Crippen LogP contribution in [0.3, 0.4) is 0 Å². The third-order valence-electron chi connectivity index (χ3n) is 6.37. The van der Waals surface area contributed by atoms with Gasteiger partial charge in [-0.3, -0.25) is 4.99 Å². The Kier molecular flexibility index (Phi) is 7.57. The molecule has 1 N–H and O–H groups in total. The minimum Gasteiger partial charge on any atom is -0.372 e. The number of aliphatic imine (C=N–C) groups is 1. The Bertz CT molecular complexity index is 968. The van der Waals surface area contributed by atoms with E-state index in [-0.39, 0.29) is 0 Å². The van der Waals surface area contributed by atoms with Gasteiger partial charge in [-0.05, 0) is 55.8 Å². The van der Waals surface area contributed by atoms with Crippen LogP contribution in [0.5, 0.6) is 0 Å². The van der Waals surface area contributed by atoms with E-state index in [0.29, 0.717) is 0 Å². The summed E-state index contributed by atoms with van der Waals surface area (Å²) in [6.45, 7) is 12.1. The SMILES string of the molecule is CCN(CC)c1ccc(C=Nc2ccc(N3CC[NH+](Cc4ccccc4)CC3)cc2)cc1. The maximum atomic E-state index is 4.68. The summed E-state index contributed by atoms with van der Waals surface area (Å²) in [6.07, 6.45) is 1.95. The summed E-state index contributed by atoms with van der Waals surface area (Å²) in [4.78, 5) is 11.2. The molecule has 1 fully saturated rings. The summed E-state index contributed by atoms with van der Waals surface area (Å²) in [5.74, 6) is 0. The highest BCUT2D eigenvalue weighted by Gasteiger charge is 2.20. The summed E-state index contributed by atoms with van der Waals surface area (Å²) in [5, 5.41) is 0. The van der Waals surface area contributed by atoms with Crippen molar-refractivity contribution in [2.75, 3.05) is 49.1 Å². The van der Waals surface area contributed by atoms with Gasteiger partial charge in [-0.25, -0.2) is 0 Å². The van der Waals surface area contributed by atoms with Crippen LogP contribution in [0.2, 0.25) is 0 Å². The first-order chi connectivity index (χ1) is 15.7.